The second-order valence-corrected chi connectivity index (χ2v) is 6.85. The maximum Gasteiger partial charge on any atom is 0.410 e. The summed E-state index contributed by atoms with van der Waals surface area (Å²) in [5, 5.41) is 0. The number of aryl methyl sites for hydroxylation is 1. The third-order valence-corrected chi connectivity index (χ3v) is 3.33. The fourth-order valence-electron chi connectivity index (χ4n) is 2.03. The molecule has 116 valence electrons. The Kier molecular flexibility index (Phi) is 4.70. The number of amides is 1. The second kappa shape index (κ2) is 6.17. The molecule has 0 saturated carbocycles. The van der Waals surface area contributed by atoms with E-state index < -0.39 is 5.60 Å². The molecule has 6 nitrogen and oxygen atoms in total. The van der Waals surface area contributed by atoms with E-state index in [2.05, 4.69) is 25.9 Å². The molecule has 0 aliphatic carbocycles. The number of rotatable bonds is 2. The van der Waals surface area contributed by atoms with Crippen molar-refractivity contribution in [3.63, 3.8) is 0 Å². The van der Waals surface area contributed by atoms with E-state index >= 15 is 0 Å². The molecule has 1 fully saturated rings. The molecular weight excluding hydrogens is 338 g/mol. The van der Waals surface area contributed by atoms with Gasteiger partial charge >= 0.3 is 6.09 Å². The smallest absolute Gasteiger partial charge is 0.410 e. The molecule has 0 N–H and O–H groups in total. The van der Waals surface area contributed by atoms with Crippen LogP contribution in [0.4, 0.5) is 4.79 Å². The summed E-state index contributed by atoms with van der Waals surface area (Å²) in [7, 11) is 0. The number of likely N-dealkylation sites (tertiary alicyclic amines) is 1. The van der Waals surface area contributed by atoms with E-state index in [4.69, 9.17) is 9.47 Å². The van der Waals surface area contributed by atoms with Crippen molar-refractivity contribution in [1.29, 1.82) is 0 Å². The summed E-state index contributed by atoms with van der Waals surface area (Å²) in [5.74, 6) is 0.509. The minimum atomic E-state index is -0.482. The highest BCUT2D eigenvalue weighted by Crippen LogP contribution is 2.21. The van der Waals surface area contributed by atoms with Crippen LogP contribution in [0.25, 0.3) is 0 Å². The molecule has 0 bridgehead atoms. The van der Waals surface area contributed by atoms with Crippen LogP contribution >= 0.6 is 15.9 Å². The lowest BCUT2D eigenvalue weighted by Crippen LogP contribution is -2.36. The Balaban J connectivity index is 1.92. The molecule has 1 aliphatic rings. The molecule has 1 aromatic rings. The summed E-state index contributed by atoms with van der Waals surface area (Å²) in [4.78, 5) is 22.1. The molecular formula is C14H20BrN3O3. The van der Waals surface area contributed by atoms with Crippen LogP contribution in [0.3, 0.4) is 0 Å². The molecule has 1 unspecified atom stereocenters. The van der Waals surface area contributed by atoms with Gasteiger partial charge in [-0.2, -0.15) is 0 Å². The Morgan fingerprint density at radius 2 is 2.19 bits per heavy atom. The van der Waals surface area contributed by atoms with Gasteiger partial charge in [-0.15, -0.1) is 0 Å². The van der Waals surface area contributed by atoms with Crippen LogP contribution in [-0.2, 0) is 4.74 Å². The number of aromatic nitrogens is 2. The first-order chi connectivity index (χ1) is 9.74. The number of carbonyl (C=O) groups excluding carboxylic acids is 1. The third kappa shape index (κ3) is 4.56. The van der Waals surface area contributed by atoms with Gasteiger partial charge in [-0.1, -0.05) is 0 Å². The lowest BCUT2D eigenvalue weighted by Gasteiger charge is -2.24. The average Bonchev–Trinajstić information content (AvgIpc) is 2.79. The van der Waals surface area contributed by atoms with Gasteiger partial charge in [0.1, 0.15) is 22.0 Å². The second-order valence-electron chi connectivity index (χ2n) is 6.04. The fraction of sp³-hybridized carbons (Fsp3) is 0.643. The lowest BCUT2D eigenvalue weighted by atomic mass is 10.2. The Morgan fingerprint density at radius 3 is 2.81 bits per heavy atom. The highest BCUT2D eigenvalue weighted by Gasteiger charge is 2.31. The van der Waals surface area contributed by atoms with Crippen molar-refractivity contribution < 1.29 is 14.3 Å². The highest BCUT2D eigenvalue weighted by atomic mass is 79.9. The molecule has 21 heavy (non-hydrogen) atoms. The first kappa shape index (κ1) is 16.0. The topological polar surface area (TPSA) is 64.6 Å². The number of carbonyl (C=O) groups is 1. The Bertz CT molecular complexity index is 531. The van der Waals surface area contributed by atoms with E-state index in [0.29, 0.717) is 23.6 Å². The standard InChI is InChI=1S/C14H20BrN3O3/c1-9-12(16-7-11(15)17-9)20-10-5-6-18(8-10)13(19)21-14(2,3)4/h7,10H,5-6,8H2,1-4H3. The molecule has 1 aliphatic heterocycles. The van der Waals surface area contributed by atoms with Gasteiger partial charge in [0.2, 0.25) is 5.88 Å². The maximum absolute atomic E-state index is 12.0. The molecule has 1 amide bonds. The Labute approximate surface area is 133 Å². The van der Waals surface area contributed by atoms with Crippen LogP contribution < -0.4 is 4.74 Å². The maximum atomic E-state index is 12.0. The first-order valence-corrected chi connectivity index (χ1v) is 7.67. The Morgan fingerprint density at radius 1 is 1.48 bits per heavy atom. The SMILES string of the molecule is Cc1nc(Br)cnc1OC1CCN(C(=O)OC(C)(C)C)C1. The lowest BCUT2D eigenvalue weighted by molar-refractivity contribution is 0.0274. The van der Waals surface area contributed by atoms with Gasteiger partial charge < -0.3 is 14.4 Å². The van der Waals surface area contributed by atoms with Gasteiger partial charge in [0.15, 0.2) is 0 Å². The van der Waals surface area contributed by atoms with Gasteiger partial charge in [0.25, 0.3) is 0 Å². The molecule has 2 rings (SSSR count). The summed E-state index contributed by atoms with van der Waals surface area (Å²) in [6, 6.07) is 0. The molecule has 1 atom stereocenters. The molecule has 1 aromatic heterocycles. The predicted molar refractivity (Wildman–Crippen MR) is 81.3 cm³/mol. The van der Waals surface area contributed by atoms with Crippen LogP contribution in [0.1, 0.15) is 32.9 Å². The van der Waals surface area contributed by atoms with Crippen LogP contribution in [0.5, 0.6) is 5.88 Å². The molecule has 1 saturated heterocycles. The van der Waals surface area contributed by atoms with E-state index in [-0.39, 0.29) is 12.2 Å². The van der Waals surface area contributed by atoms with Crippen molar-refractivity contribution in [3.8, 4) is 5.88 Å². The van der Waals surface area contributed by atoms with E-state index in [1.807, 2.05) is 27.7 Å². The molecule has 7 heteroatoms. The number of halogens is 1. The third-order valence-electron chi connectivity index (χ3n) is 2.95. The number of hydrogen-bond acceptors (Lipinski definition) is 5. The number of nitrogens with zero attached hydrogens (tertiary/aromatic N) is 3. The largest absolute Gasteiger partial charge is 0.471 e. The van der Waals surface area contributed by atoms with Crippen LogP contribution in [0.15, 0.2) is 10.8 Å². The van der Waals surface area contributed by atoms with E-state index in [0.717, 1.165) is 12.1 Å². The van der Waals surface area contributed by atoms with E-state index in [1.165, 1.54) is 0 Å². The Hall–Kier alpha value is -1.37. The van der Waals surface area contributed by atoms with Crippen molar-refractivity contribution in [3.05, 3.63) is 16.5 Å². The van der Waals surface area contributed by atoms with Gasteiger partial charge in [-0.25, -0.2) is 14.8 Å². The zero-order valence-corrected chi connectivity index (χ0v) is 14.3. The van der Waals surface area contributed by atoms with Crippen molar-refractivity contribution in [2.75, 3.05) is 13.1 Å². The first-order valence-electron chi connectivity index (χ1n) is 6.88. The minimum absolute atomic E-state index is 0.0771. The quantitative estimate of drug-likeness (QED) is 0.813. The zero-order valence-electron chi connectivity index (χ0n) is 12.7. The van der Waals surface area contributed by atoms with E-state index in [9.17, 15) is 4.79 Å². The summed E-state index contributed by atoms with van der Waals surface area (Å²) in [5.41, 5.74) is 0.240. The van der Waals surface area contributed by atoms with Crippen LogP contribution in [0.2, 0.25) is 0 Å². The van der Waals surface area contributed by atoms with Crippen molar-refractivity contribution >= 4 is 22.0 Å². The number of hydrogen-bond donors (Lipinski definition) is 0. The van der Waals surface area contributed by atoms with Crippen LogP contribution in [0, 0.1) is 6.92 Å². The molecule has 0 aromatic carbocycles. The van der Waals surface area contributed by atoms with E-state index in [1.54, 1.807) is 11.1 Å². The van der Waals surface area contributed by atoms with Gasteiger partial charge in [0.05, 0.1) is 12.7 Å². The van der Waals surface area contributed by atoms with Crippen LogP contribution in [-0.4, -0.2) is 45.8 Å². The van der Waals surface area contributed by atoms with Crippen molar-refractivity contribution in [2.45, 2.75) is 45.8 Å². The average molecular weight is 358 g/mol. The summed E-state index contributed by atoms with van der Waals surface area (Å²) < 4.78 is 11.9. The normalized spacial score (nSPS) is 18.7. The summed E-state index contributed by atoms with van der Waals surface area (Å²) in [6.07, 6.45) is 1.98. The van der Waals surface area contributed by atoms with Gasteiger partial charge in [-0.3, -0.25) is 0 Å². The van der Waals surface area contributed by atoms with Crippen molar-refractivity contribution in [1.82, 2.24) is 14.9 Å². The molecule has 0 radical (unpaired) electrons. The monoisotopic (exact) mass is 357 g/mol. The van der Waals surface area contributed by atoms with Gasteiger partial charge in [-0.05, 0) is 43.6 Å². The van der Waals surface area contributed by atoms with Crippen molar-refractivity contribution in [2.24, 2.45) is 0 Å². The van der Waals surface area contributed by atoms with Gasteiger partial charge in [0, 0.05) is 13.0 Å². The number of ether oxygens (including phenoxy) is 2. The highest BCUT2D eigenvalue weighted by molar-refractivity contribution is 9.10. The minimum Gasteiger partial charge on any atom is -0.471 e. The zero-order chi connectivity index (χ0) is 15.6. The predicted octanol–water partition coefficient (Wildman–Crippen LogP) is 2.94. The summed E-state index contributed by atoms with van der Waals surface area (Å²) in [6.45, 7) is 8.55. The fourth-order valence-corrected chi connectivity index (χ4v) is 2.40. The molecule has 2 heterocycles. The molecule has 0 spiro atoms. The summed E-state index contributed by atoms with van der Waals surface area (Å²) >= 11 is 3.27.